The highest BCUT2D eigenvalue weighted by Gasteiger charge is 2.27. The lowest BCUT2D eigenvalue weighted by molar-refractivity contribution is 0.122. The summed E-state index contributed by atoms with van der Waals surface area (Å²) in [4.78, 5) is 2.70. The van der Waals surface area contributed by atoms with Gasteiger partial charge in [0, 0.05) is 24.8 Å². The summed E-state index contributed by atoms with van der Waals surface area (Å²) >= 11 is 0. The molecule has 0 unspecified atom stereocenters. The fraction of sp³-hybridized carbons (Fsp3) is 0.647. The standard InChI is InChI=1S/C17H26N2/c1-2-13-6-8-15(9-7-13)19-11-10-16-14(12-19)4-3-5-17(16)18/h3-5,13,15H,2,6-12,18H2,1H3. The van der Waals surface area contributed by atoms with Crippen LogP contribution in [0.5, 0.6) is 0 Å². The van der Waals surface area contributed by atoms with Crippen molar-refractivity contribution in [2.75, 3.05) is 12.3 Å². The van der Waals surface area contributed by atoms with Crippen molar-refractivity contribution in [3.8, 4) is 0 Å². The Balaban J connectivity index is 1.66. The molecule has 2 N–H and O–H groups in total. The first-order valence-corrected chi connectivity index (χ1v) is 7.88. The maximum absolute atomic E-state index is 6.08. The van der Waals surface area contributed by atoms with Gasteiger partial charge in [-0.2, -0.15) is 0 Å². The molecule has 104 valence electrons. The molecule has 1 saturated carbocycles. The summed E-state index contributed by atoms with van der Waals surface area (Å²) in [6.45, 7) is 4.65. The van der Waals surface area contributed by atoms with E-state index in [0.717, 1.165) is 30.6 Å². The molecule has 2 heteroatoms. The van der Waals surface area contributed by atoms with Crippen molar-refractivity contribution in [3.05, 3.63) is 29.3 Å². The molecular formula is C17H26N2. The minimum absolute atomic E-state index is 0.817. The third kappa shape index (κ3) is 2.64. The van der Waals surface area contributed by atoms with Crippen LogP contribution in [0, 0.1) is 5.92 Å². The topological polar surface area (TPSA) is 29.3 Å². The Labute approximate surface area is 117 Å². The van der Waals surface area contributed by atoms with Crippen LogP contribution < -0.4 is 5.73 Å². The predicted molar refractivity (Wildman–Crippen MR) is 81.0 cm³/mol. The lowest BCUT2D eigenvalue weighted by Crippen LogP contribution is -2.41. The smallest absolute Gasteiger partial charge is 0.0350 e. The number of nitrogens with zero attached hydrogens (tertiary/aromatic N) is 1. The van der Waals surface area contributed by atoms with Gasteiger partial charge in [0.2, 0.25) is 0 Å². The zero-order valence-electron chi connectivity index (χ0n) is 12.1. The first kappa shape index (κ1) is 13.0. The van der Waals surface area contributed by atoms with Crippen LogP contribution in [0.15, 0.2) is 18.2 Å². The number of hydrogen-bond donors (Lipinski definition) is 1. The van der Waals surface area contributed by atoms with Gasteiger partial charge in [0.1, 0.15) is 0 Å². The molecule has 1 aliphatic heterocycles. The first-order valence-electron chi connectivity index (χ1n) is 7.88. The van der Waals surface area contributed by atoms with Crippen molar-refractivity contribution in [1.29, 1.82) is 0 Å². The molecule has 1 heterocycles. The molecule has 0 aromatic heterocycles. The fourth-order valence-electron chi connectivity index (χ4n) is 3.89. The Morgan fingerprint density at radius 2 is 2.00 bits per heavy atom. The van der Waals surface area contributed by atoms with Crippen molar-refractivity contribution >= 4 is 5.69 Å². The Bertz CT molecular complexity index is 433. The quantitative estimate of drug-likeness (QED) is 0.821. The number of anilines is 1. The second kappa shape index (κ2) is 5.54. The predicted octanol–water partition coefficient (Wildman–Crippen LogP) is 3.60. The van der Waals surface area contributed by atoms with E-state index in [1.807, 2.05) is 6.07 Å². The SMILES string of the molecule is CCC1CCC(N2CCc3c(N)cccc3C2)CC1. The van der Waals surface area contributed by atoms with Crippen LogP contribution >= 0.6 is 0 Å². The van der Waals surface area contributed by atoms with Crippen molar-refractivity contribution in [1.82, 2.24) is 4.90 Å². The van der Waals surface area contributed by atoms with Gasteiger partial charge >= 0.3 is 0 Å². The number of fused-ring (bicyclic) bond motifs is 1. The maximum Gasteiger partial charge on any atom is 0.0350 e. The average Bonchev–Trinajstić information content (AvgIpc) is 2.47. The minimum Gasteiger partial charge on any atom is -0.398 e. The van der Waals surface area contributed by atoms with E-state index in [4.69, 9.17) is 5.73 Å². The second-order valence-electron chi connectivity index (χ2n) is 6.29. The van der Waals surface area contributed by atoms with Crippen molar-refractivity contribution in [2.24, 2.45) is 5.92 Å². The number of nitrogen functional groups attached to an aromatic ring is 1. The van der Waals surface area contributed by atoms with Crippen LogP contribution in [0.4, 0.5) is 5.69 Å². The van der Waals surface area contributed by atoms with Gasteiger partial charge in [-0.25, -0.2) is 0 Å². The van der Waals surface area contributed by atoms with E-state index in [1.165, 1.54) is 49.8 Å². The zero-order valence-corrected chi connectivity index (χ0v) is 12.1. The number of benzene rings is 1. The van der Waals surface area contributed by atoms with Crippen LogP contribution in [-0.2, 0) is 13.0 Å². The van der Waals surface area contributed by atoms with Crippen molar-refractivity contribution in [2.45, 2.75) is 58.0 Å². The molecule has 1 aromatic rings. The monoisotopic (exact) mass is 258 g/mol. The lowest BCUT2D eigenvalue weighted by Gasteiger charge is -2.39. The molecule has 2 nitrogen and oxygen atoms in total. The van der Waals surface area contributed by atoms with Crippen LogP contribution in [0.3, 0.4) is 0 Å². The Kier molecular flexibility index (Phi) is 3.79. The van der Waals surface area contributed by atoms with E-state index >= 15 is 0 Å². The molecule has 1 aromatic carbocycles. The molecule has 0 spiro atoms. The van der Waals surface area contributed by atoms with Gasteiger partial charge in [-0.05, 0) is 55.2 Å². The Hall–Kier alpha value is -1.02. The van der Waals surface area contributed by atoms with Crippen LogP contribution in [0.2, 0.25) is 0 Å². The second-order valence-corrected chi connectivity index (χ2v) is 6.29. The average molecular weight is 258 g/mol. The van der Waals surface area contributed by atoms with Gasteiger partial charge < -0.3 is 5.73 Å². The largest absolute Gasteiger partial charge is 0.398 e. The van der Waals surface area contributed by atoms with Crippen molar-refractivity contribution < 1.29 is 0 Å². The molecule has 19 heavy (non-hydrogen) atoms. The van der Waals surface area contributed by atoms with Gasteiger partial charge in [0.25, 0.3) is 0 Å². The van der Waals surface area contributed by atoms with E-state index in [9.17, 15) is 0 Å². The van der Waals surface area contributed by atoms with E-state index in [1.54, 1.807) is 0 Å². The molecule has 1 aliphatic carbocycles. The summed E-state index contributed by atoms with van der Waals surface area (Å²) in [5.41, 5.74) is 9.94. The summed E-state index contributed by atoms with van der Waals surface area (Å²) in [5.74, 6) is 0.990. The molecule has 2 aliphatic rings. The highest BCUT2D eigenvalue weighted by Crippen LogP contribution is 2.33. The molecule has 0 bridgehead atoms. The third-order valence-electron chi connectivity index (χ3n) is 5.24. The highest BCUT2D eigenvalue weighted by molar-refractivity contribution is 5.51. The Morgan fingerprint density at radius 1 is 1.21 bits per heavy atom. The summed E-state index contributed by atoms with van der Waals surface area (Å²) in [5, 5.41) is 0. The van der Waals surface area contributed by atoms with Gasteiger partial charge in [-0.1, -0.05) is 25.5 Å². The van der Waals surface area contributed by atoms with Gasteiger partial charge in [0.05, 0.1) is 0 Å². The van der Waals surface area contributed by atoms with Gasteiger partial charge in [-0.3, -0.25) is 4.90 Å². The molecular weight excluding hydrogens is 232 g/mol. The number of hydrogen-bond acceptors (Lipinski definition) is 2. The maximum atomic E-state index is 6.08. The van der Waals surface area contributed by atoms with Crippen LogP contribution in [0.1, 0.15) is 50.2 Å². The van der Waals surface area contributed by atoms with Crippen molar-refractivity contribution in [3.63, 3.8) is 0 Å². The minimum atomic E-state index is 0.817. The molecule has 1 fully saturated rings. The van der Waals surface area contributed by atoms with Crippen LogP contribution in [-0.4, -0.2) is 17.5 Å². The number of rotatable bonds is 2. The van der Waals surface area contributed by atoms with Crippen LogP contribution in [0.25, 0.3) is 0 Å². The van der Waals surface area contributed by atoms with Gasteiger partial charge in [-0.15, -0.1) is 0 Å². The highest BCUT2D eigenvalue weighted by atomic mass is 15.2. The summed E-state index contributed by atoms with van der Waals surface area (Å²) in [6.07, 6.45) is 8.16. The summed E-state index contributed by atoms with van der Waals surface area (Å²) < 4.78 is 0. The zero-order chi connectivity index (χ0) is 13.2. The molecule has 3 rings (SSSR count). The van der Waals surface area contributed by atoms with E-state index in [0.29, 0.717) is 0 Å². The number of nitrogens with two attached hydrogens (primary N) is 1. The molecule has 0 amide bonds. The summed E-state index contributed by atoms with van der Waals surface area (Å²) in [6, 6.07) is 7.22. The van der Waals surface area contributed by atoms with E-state index in [-0.39, 0.29) is 0 Å². The Morgan fingerprint density at radius 3 is 2.74 bits per heavy atom. The molecule has 0 atom stereocenters. The molecule has 0 saturated heterocycles. The molecule has 0 radical (unpaired) electrons. The normalized spacial score (nSPS) is 28.1. The first-order chi connectivity index (χ1) is 9.28. The van der Waals surface area contributed by atoms with E-state index < -0.39 is 0 Å². The lowest BCUT2D eigenvalue weighted by atomic mass is 9.83. The summed E-state index contributed by atoms with van der Waals surface area (Å²) in [7, 11) is 0. The van der Waals surface area contributed by atoms with Gasteiger partial charge in [0.15, 0.2) is 0 Å². The van der Waals surface area contributed by atoms with E-state index in [2.05, 4.69) is 24.0 Å². The third-order valence-corrected chi connectivity index (χ3v) is 5.24. The fourth-order valence-corrected chi connectivity index (χ4v) is 3.89.